The molecular weight excluding hydrogens is 557 g/mol. The van der Waals surface area contributed by atoms with Gasteiger partial charge in [0.05, 0.1) is 35.1 Å². The van der Waals surface area contributed by atoms with Crippen molar-refractivity contribution in [3.8, 4) is 17.6 Å². The van der Waals surface area contributed by atoms with Crippen LogP contribution in [0, 0.1) is 17.1 Å². The molecule has 0 saturated carbocycles. The number of thiazole rings is 1. The largest absolute Gasteiger partial charge is 0.490 e. The second-order valence-electron chi connectivity index (χ2n) is 9.07. The molecule has 1 atom stereocenters. The monoisotopic (exact) mass is 583 g/mol. The van der Waals surface area contributed by atoms with Crippen molar-refractivity contribution in [3.05, 3.63) is 121 Å². The molecule has 10 heteroatoms. The molecular formula is C32H26FN3O5S. The molecule has 1 aliphatic rings. The van der Waals surface area contributed by atoms with E-state index in [0.29, 0.717) is 49.8 Å². The number of aromatic nitrogens is 1. The third-order valence-electron chi connectivity index (χ3n) is 6.42. The van der Waals surface area contributed by atoms with Gasteiger partial charge in [-0.15, -0.1) is 0 Å². The zero-order valence-electron chi connectivity index (χ0n) is 22.9. The topological polar surface area (TPSA) is 103 Å². The van der Waals surface area contributed by atoms with Gasteiger partial charge in [-0.25, -0.2) is 14.2 Å². The molecule has 42 heavy (non-hydrogen) atoms. The number of esters is 1. The van der Waals surface area contributed by atoms with Crippen molar-refractivity contribution in [2.24, 2.45) is 4.99 Å². The number of carbonyl (C=O) groups is 1. The molecule has 4 aromatic rings. The first kappa shape index (κ1) is 28.5. The SMILES string of the molecule is CCOC(=O)C1=C(c2ccccc2)N=c2s/c(=C\c3ccc(OCC#N)c(OCC)c3)c(=O)n2[C@H]1c1ccc(F)cc1. The fourth-order valence-corrected chi connectivity index (χ4v) is 5.67. The summed E-state index contributed by atoms with van der Waals surface area (Å²) in [6, 6.07) is 21.1. The highest BCUT2D eigenvalue weighted by Gasteiger charge is 2.35. The highest BCUT2D eigenvalue weighted by atomic mass is 32.1. The van der Waals surface area contributed by atoms with Crippen molar-refractivity contribution in [3.63, 3.8) is 0 Å². The van der Waals surface area contributed by atoms with Gasteiger partial charge in [-0.1, -0.05) is 59.9 Å². The lowest BCUT2D eigenvalue weighted by atomic mass is 9.93. The third kappa shape index (κ3) is 5.73. The van der Waals surface area contributed by atoms with Crippen LogP contribution < -0.4 is 24.4 Å². The predicted molar refractivity (Wildman–Crippen MR) is 156 cm³/mol. The van der Waals surface area contributed by atoms with Crippen LogP contribution in [0.2, 0.25) is 0 Å². The molecule has 0 fully saturated rings. The molecule has 0 bridgehead atoms. The molecule has 1 aromatic heterocycles. The molecule has 8 nitrogen and oxygen atoms in total. The van der Waals surface area contributed by atoms with Crippen LogP contribution >= 0.6 is 11.3 Å². The molecule has 0 aliphatic carbocycles. The van der Waals surface area contributed by atoms with Crippen LogP contribution in [-0.4, -0.2) is 30.4 Å². The molecule has 0 saturated heterocycles. The van der Waals surface area contributed by atoms with E-state index in [2.05, 4.69) is 0 Å². The van der Waals surface area contributed by atoms with Crippen LogP contribution in [0.15, 0.2) is 88.2 Å². The molecule has 0 radical (unpaired) electrons. The normalized spacial score (nSPS) is 14.5. The van der Waals surface area contributed by atoms with Crippen LogP contribution in [0.1, 0.15) is 36.6 Å². The highest BCUT2D eigenvalue weighted by Crippen LogP contribution is 2.35. The van der Waals surface area contributed by atoms with Gasteiger partial charge in [-0.2, -0.15) is 5.26 Å². The van der Waals surface area contributed by atoms with Gasteiger partial charge >= 0.3 is 5.97 Å². The first-order valence-corrected chi connectivity index (χ1v) is 14.1. The van der Waals surface area contributed by atoms with E-state index in [-0.39, 0.29) is 24.3 Å². The van der Waals surface area contributed by atoms with Gasteiger partial charge in [-0.05, 0) is 55.3 Å². The minimum atomic E-state index is -0.904. The van der Waals surface area contributed by atoms with Crippen LogP contribution in [0.3, 0.4) is 0 Å². The van der Waals surface area contributed by atoms with Crippen molar-refractivity contribution in [1.29, 1.82) is 5.26 Å². The van der Waals surface area contributed by atoms with Crippen LogP contribution in [0.4, 0.5) is 4.39 Å². The van der Waals surface area contributed by atoms with Crippen molar-refractivity contribution >= 4 is 29.1 Å². The Hall–Kier alpha value is -5.01. The van der Waals surface area contributed by atoms with Gasteiger partial charge < -0.3 is 14.2 Å². The molecule has 0 unspecified atom stereocenters. The zero-order chi connectivity index (χ0) is 29.6. The smallest absolute Gasteiger partial charge is 0.338 e. The number of nitriles is 1. The standard InChI is InChI=1S/C32H26FN3O5S/c1-3-39-25-18-20(10-15-24(25)41-17-16-34)19-26-30(37)36-29(22-11-13-23(33)14-12-22)27(31(38)40-4-2)28(35-32(36)42-26)21-8-6-5-7-9-21/h5-15,18-19,29H,3-4,17H2,1-2H3/b26-19-/t29-/m0/s1. The Morgan fingerprint density at radius 1 is 1.05 bits per heavy atom. The van der Waals surface area contributed by atoms with E-state index >= 15 is 0 Å². The lowest BCUT2D eigenvalue weighted by Crippen LogP contribution is -2.40. The Morgan fingerprint density at radius 2 is 1.81 bits per heavy atom. The average Bonchev–Trinajstić information content (AvgIpc) is 3.31. The van der Waals surface area contributed by atoms with E-state index < -0.39 is 17.8 Å². The van der Waals surface area contributed by atoms with Gasteiger partial charge in [0.25, 0.3) is 5.56 Å². The van der Waals surface area contributed by atoms with Gasteiger partial charge in [0, 0.05) is 5.56 Å². The fourth-order valence-electron chi connectivity index (χ4n) is 4.66. The lowest BCUT2D eigenvalue weighted by Gasteiger charge is -2.25. The third-order valence-corrected chi connectivity index (χ3v) is 7.40. The number of hydrogen-bond acceptors (Lipinski definition) is 8. The van der Waals surface area contributed by atoms with Crippen molar-refractivity contribution in [2.45, 2.75) is 19.9 Å². The maximum absolute atomic E-state index is 14.0. The number of nitrogens with zero attached hydrogens (tertiary/aromatic N) is 3. The van der Waals surface area contributed by atoms with Crippen LogP contribution in [0.25, 0.3) is 11.8 Å². The second kappa shape index (κ2) is 12.7. The molecule has 212 valence electrons. The van der Waals surface area contributed by atoms with Crippen LogP contribution in [0.5, 0.6) is 11.5 Å². The van der Waals surface area contributed by atoms with E-state index in [0.717, 1.165) is 0 Å². The van der Waals surface area contributed by atoms with E-state index in [1.54, 1.807) is 43.3 Å². The average molecular weight is 584 g/mol. The molecule has 0 amide bonds. The van der Waals surface area contributed by atoms with Gasteiger partial charge in [0.15, 0.2) is 22.9 Å². The molecule has 2 heterocycles. The fraction of sp³-hybridized carbons (Fsp3) is 0.188. The number of fused-ring (bicyclic) bond motifs is 1. The minimum absolute atomic E-state index is 0.126. The maximum atomic E-state index is 14.0. The minimum Gasteiger partial charge on any atom is -0.490 e. The lowest BCUT2D eigenvalue weighted by molar-refractivity contribution is -0.138. The summed E-state index contributed by atoms with van der Waals surface area (Å²) in [6.45, 7) is 3.91. The number of carbonyl (C=O) groups excluding carboxylic acids is 1. The number of benzene rings is 3. The maximum Gasteiger partial charge on any atom is 0.338 e. The van der Waals surface area contributed by atoms with E-state index in [1.807, 2.05) is 43.3 Å². The van der Waals surface area contributed by atoms with E-state index in [9.17, 15) is 14.0 Å². The summed E-state index contributed by atoms with van der Waals surface area (Å²) in [5.41, 5.74) is 2.08. The van der Waals surface area contributed by atoms with Crippen LogP contribution in [-0.2, 0) is 9.53 Å². The number of rotatable bonds is 9. The van der Waals surface area contributed by atoms with E-state index in [4.69, 9.17) is 24.5 Å². The molecule has 1 aliphatic heterocycles. The second-order valence-corrected chi connectivity index (χ2v) is 10.1. The Balaban J connectivity index is 1.74. The molecule has 0 spiro atoms. The van der Waals surface area contributed by atoms with E-state index in [1.165, 1.54) is 28.0 Å². The van der Waals surface area contributed by atoms with Crippen molar-refractivity contribution < 1.29 is 23.4 Å². The Labute approximate surface area is 244 Å². The Kier molecular flexibility index (Phi) is 8.60. The number of ether oxygens (including phenoxy) is 3. The summed E-state index contributed by atoms with van der Waals surface area (Å²) in [5, 5.41) is 8.88. The summed E-state index contributed by atoms with van der Waals surface area (Å²) in [4.78, 5) is 32.7. The van der Waals surface area contributed by atoms with Gasteiger partial charge in [0.1, 0.15) is 11.9 Å². The summed E-state index contributed by atoms with van der Waals surface area (Å²) in [5.74, 6) is -0.198. The Bertz CT molecular complexity index is 1870. The first-order chi connectivity index (χ1) is 20.4. The quantitative estimate of drug-likeness (QED) is 0.271. The summed E-state index contributed by atoms with van der Waals surface area (Å²) in [6.07, 6.45) is 1.71. The summed E-state index contributed by atoms with van der Waals surface area (Å²) in [7, 11) is 0. The first-order valence-electron chi connectivity index (χ1n) is 13.3. The number of hydrogen-bond donors (Lipinski definition) is 0. The zero-order valence-corrected chi connectivity index (χ0v) is 23.7. The summed E-state index contributed by atoms with van der Waals surface area (Å²) < 4.78 is 32.4. The van der Waals surface area contributed by atoms with Crippen molar-refractivity contribution in [1.82, 2.24) is 4.57 Å². The Morgan fingerprint density at radius 3 is 2.50 bits per heavy atom. The summed E-state index contributed by atoms with van der Waals surface area (Å²) >= 11 is 1.17. The van der Waals surface area contributed by atoms with Gasteiger partial charge in [-0.3, -0.25) is 9.36 Å². The predicted octanol–water partition coefficient (Wildman–Crippen LogP) is 4.38. The number of halogens is 1. The van der Waals surface area contributed by atoms with Gasteiger partial charge in [0.2, 0.25) is 0 Å². The molecule has 3 aromatic carbocycles. The highest BCUT2D eigenvalue weighted by molar-refractivity contribution is 7.07. The molecule has 5 rings (SSSR count). The van der Waals surface area contributed by atoms with Crippen molar-refractivity contribution in [2.75, 3.05) is 19.8 Å². The molecule has 0 N–H and O–H groups in total.